The second kappa shape index (κ2) is 11.1. The van der Waals surface area contributed by atoms with Crippen LogP contribution >= 0.6 is 0 Å². The number of benzene rings is 3. The zero-order chi connectivity index (χ0) is 24.7. The Labute approximate surface area is 196 Å². The van der Waals surface area contributed by atoms with Gasteiger partial charge >= 0.3 is 0 Å². The highest BCUT2D eigenvalue weighted by Crippen LogP contribution is 2.34. The summed E-state index contributed by atoms with van der Waals surface area (Å²) in [6, 6.07) is 16.1. The van der Waals surface area contributed by atoms with E-state index in [-0.39, 0.29) is 17.5 Å². The van der Waals surface area contributed by atoms with E-state index in [4.69, 9.17) is 9.47 Å². The molecule has 0 unspecified atom stereocenters. The fourth-order valence-corrected chi connectivity index (χ4v) is 3.06. The van der Waals surface area contributed by atoms with Crippen LogP contribution in [0.15, 0.2) is 72.3 Å². The highest BCUT2D eigenvalue weighted by molar-refractivity contribution is 6.29. The molecule has 2 amide bonds. The summed E-state index contributed by atoms with van der Waals surface area (Å²) in [6.07, 6.45) is 1.05. The summed E-state index contributed by atoms with van der Waals surface area (Å²) >= 11 is 0. The number of ether oxygens (including phenoxy) is 2. The van der Waals surface area contributed by atoms with Crippen molar-refractivity contribution < 1.29 is 27.8 Å². The SMILES string of the molecule is COc1cccc(C=C(C(=O)Nc2ccccc2F)C(=O)Nc2ccccc2F)c1OC(C)C. The first-order valence-electron chi connectivity index (χ1n) is 10.5. The zero-order valence-electron chi connectivity index (χ0n) is 18.9. The summed E-state index contributed by atoms with van der Waals surface area (Å²) in [4.78, 5) is 26.2. The predicted octanol–water partition coefficient (Wildman–Crippen LogP) is 5.42. The summed E-state index contributed by atoms with van der Waals surface area (Å²) in [5.74, 6) is -2.42. The van der Waals surface area contributed by atoms with Gasteiger partial charge in [0, 0.05) is 5.56 Å². The first-order valence-corrected chi connectivity index (χ1v) is 10.5. The molecular weight excluding hydrogens is 442 g/mol. The quantitative estimate of drug-likeness (QED) is 0.264. The molecule has 3 aromatic carbocycles. The third-order valence-corrected chi connectivity index (χ3v) is 4.62. The molecule has 0 bridgehead atoms. The van der Waals surface area contributed by atoms with Gasteiger partial charge in [0.25, 0.3) is 11.8 Å². The second-order valence-electron chi connectivity index (χ2n) is 7.47. The number of para-hydroxylation sites is 3. The van der Waals surface area contributed by atoms with E-state index >= 15 is 0 Å². The zero-order valence-corrected chi connectivity index (χ0v) is 18.9. The number of carbonyl (C=O) groups is 2. The van der Waals surface area contributed by atoms with Gasteiger partial charge in [0.1, 0.15) is 17.2 Å². The maximum absolute atomic E-state index is 14.1. The fourth-order valence-electron chi connectivity index (χ4n) is 3.06. The Morgan fingerprint density at radius 2 is 1.35 bits per heavy atom. The van der Waals surface area contributed by atoms with Gasteiger partial charge in [-0.3, -0.25) is 9.59 Å². The van der Waals surface area contributed by atoms with Gasteiger partial charge in [-0.2, -0.15) is 0 Å². The van der Waals surface area contributed by atoms with Gasteiger partial charge in [-0.15, -0.1) is 0 Å². The van der Waals surface area contributed by atoms with Crippen LogP contribution in [0.2, 0.25) is 0 Å². The minimum atomic E-state index is -0.891. The Bertz CT molecular complexity index is 1160. The van der Waals surface area contributed by atoms with Crippen LogP contribution in [0.5, 0.6) is 11.5 Å². The number of methoxy groups -OCH3 is 1. The first-order chi connectivity index (χ1) is 16.3. The molecule has 0 aliphatic carbocycles. The Morgan fingerprint density at radius 3 is 1.82 bits per heavy atom. The smallest absolute Gasteiger partial charge is 0.261 e. The molecule has 176 valence electrons. The van der Waals surface area contributed by atoms with Crippen molar-refractivity contribution in [3.8, 4) is 11.5 Å². The molecule has 0 aromatic heterocycles. The molecule has 0 saturated carbocycles. The molecule has 6 nitrogen and oxygen atoms in total. The number of rotatable bonds is 8. The van der Waals surface area contributed by atoms with E-state index in [0.29, 0.717) is 17.1 Å². The lowest BCUT2D eigenvalue weighted by molar-refractivity contribution is -0.118. The lowest BCUT2D eigenvalue weighted by Crippen LogP contribution is -2.26. The molecule has 2 N–H and O–H groups in total. The van der Waals surface area contributed by atoms with Crippen molar-refractivity contribution in [1.82, 2.24) is 0 Å². The summed E-state index contributed by atoms with van der Waals surface area (Å²) in [7, 11) is 1.46. The van der Waals surface area contributed by atoms with Crippen molar-refractivity contribution >= 4 is 29.3 Å². The summed E-state index contributed by atoms with van der Waals surface area (Å²) in [6.45, 7) is 3.63. The van der Waals surface area contributed by atoms with Crippen molar-refractivity contribution in [2.45, 2.75) is 20.0 Å². The summed E-state index contributed by atoms with van der Waals surface area (Å²) in [5, 5.41) is 4.78. The number of carbonyl (C=O) groups excluding carboxylic acids is 2. The van der Waals surface area contributed by atoms with Crippen molar-refractivity contribution in [2.24, 2.45) is 0 Å². The van der Waals surface area contributed by atoms with E-state index < -0.39 is 29.0 Å². The van der Waals surface area contributed by atoms with Crippen LogP contribution in [0.4, 0.5) is 20.2 Å². The number of amides is 2. The topological polar surface area (TPSA) is 76.7 Å². The Kier molecular flexibility index (Phi) is 7.97. The largest absolute Gasteiger partial charge is 0.493 e. The molecular formula is C26H24F2N2O4. The molecule has 0 fully saturated rings. The van der Waals surface area contributed by atoms with Gasteiger partial charge in [0.05, 0.1) is 24.6 Å². The molecule has 0 atom stereocenters. The van der Waals surface area contributed by atoms with Gasteiger partial charge < -0.3 is 20.1 Å². The summed E-state index contributed by atoms with van der Waals surface area (Å²) in [5.41, 5.74) is -0.244. The number of anilines is 2. The Balaban J connectivity index is 2.07. The van der Waals surface area contributed by atoms with Crippen molar-refractivity contribution in [3.05, 3.63) is 89.5 Å². The molecule has 3 rings (SSSR count). The van der Waals surface area contributed by atoms with Gasteiger partial charge in [-0.1, -0.05) is 36.4 Å². The van der Waals surface area contributed by atoms with Crippen LogP contribution in [-0.2, 0) is 9.59 Å². The van der Waals surface area contributed by atoms with Crippen LogP contribution < -0.4 is 20.1 Å². The molecule has 0 radical (unpaired) electrons. The van der Waals surface area contributed by atoms with E-state index in [1.54, 1.807) is 18.2 Å². The maximum Gasteiger partial charge on any atom is 0.261 e. The van der Waals surface area contributed by atoms with Crippen LogP contribution in [0, 0.1) is 11.6 Å². The first kappa shape index (κ1) is 24.4. The number of hydrogen-bond donors (Lipinski definition) is 2. The molecule has 0 spiro atoms. The monoisotopic (exact) mass is 466 g/mol. The maximum atomic E-state index is 14.1. The van der Waals surface area contributed by atoms with Crippen molar-refractivity contribution in [3.63, 3.8) is 0 Å². The predicted molar refractivity (Wildman–Crippen MR) is 127 cm³/mol. The minimum absolute atomic E-state index is 0.110. The summed E-state index contributed by atoms with van der Waals surface area (Å²) < 4.78 is 39.5. The van der Waals surface area contributed by atoms with E-state index in [1.807, 2.05) is 13.8 Å². The third-order valence-electron chi connectivity index (χ3n) is 4.62. The van der Waals surface area contributed by atoms with Crippen molar-refractivity contribution in [2.75, 3.05) is 17.7 Å². The molecule has 8 heteroatoms. The molecule has 0 saturated heterocycles. The van der Waals surface area contributed by atoms with E-state index in [1.165, 1.54) is 61.7 Å². The van der Waals surface area contributed by atoms with Crippen LogP contribution in [0.25, 0.3) is 6.08 Å². The molecule has 0 aliphatic heterocycles. The average Bonchev–Trinajstić information content (AvgIpc) is 2.80. The Hall–Kier alpha value is -4.20. The van der Waals surface area contributed by atoms with Crippen LogP contribution in [0.1, 0.15) is 19.4 Å². The van der Waals surface area contributed by atoms with E-state index in [2.05, 4.69) is 10.6 Å². The minimum Gasteiger partial charge on any atom is -0.493 e. The van der Waals surface area contributed by atoms with E-state index in [9.17, 15) is 18.4 Å². The number of hydrogen-bond acceptors (Lipinski definition) is 4. The normalized spacial score (nSPS) is 10.4. The molecule has 0 heterocycles. The van der Waals surface area contributed by atoms with Gasteiger partial charge in [0.2, 0.25) is 0 Å². The third kappa shape index (κ3) is 5.98. The van der Waals surface area contributed by atoms with Crippen molar-refractivity contribution in [1.29, 1.82) is 0 Å². The van der Waals surface area contributed by atoms with E-state index in [0.717, 1.165) is 0 Å². The lowest BCUT2D eigenvalue weighted by atomic mass is 10.1. The number of halogens is 2. The molecule has 0 aliphatic rings. The lowest BCUT2D eigenvalue weighted by Gasteiger charge is -2.17. The fraction of sp³-hybridized carbons (Fsp3) is 0.154. The average molecular weight is 466 g/mol. The standard InChI is InChI=1S/C26H24F2N2O4/c1-16(2)34-24-17(9-8-14-23(24)33-3)15-18(25(31)29-21-12-6-4-10-19(21)27)26(32)30-22-13-7-5-11-20(22)28/h4-16H,1-3H3,(H,29,31)(H,30,32). The molecule has 3 aromatic rings. The van der Waals surface area contributed by atoms with Crippen LogP contribution in [-0.4, -0.2) is 25.0 Å². The van der Waals surface area contributed by atoms with Gasteiger partial charge in [0.15, 0.2) is 11.5 Å². The highest BCUT2D eigenvalue weighted by atomic mass is 19.1. The van der Waals surface area contributed by atoms with Crippen LogP contribution in [0.3, 0.4) is 0 Å². The van der Waals surface area contributed by atoms with Gasteiger partial charge in [-0.25, -0.2) is 8.78 Å². The van der Waals surface area contributed by atoms with Gasteiger partial charge in [-0.05, 0) is 50.3 Å². The number of nitrogens with one attached hydrogen (secondary N) is 2. The second-order valence-corrected chi connectivity index (χ2v) is 7.47. The molecule has 34 heavy (non-hydrogen) atoms. The highest BCUT2D eigenvalue weighted by Gasteiger charge is 2.22. The Morgan fingerprint density at radius 1 is 0.824 bits per heavy atom.